The van der Waals surface area contributed by atoms with Gasteiger partial charge in [-0.05, 0) is 56.5 Å². The van der Waals surface area contributed by atoms with Gasteiger partial charge in [0.2, 0.25) is 0 Å². The van der Waals surface area contributed by atoms with Crippen molar-refractivity contribution in [3.05, 3.63) is 29.8 Å². The molecule has 0 fully saturated rings. The molecule has 3 heteroatoms. The van der Waals surface area contributed by atoms with Crippen LogP contribution in [0.1, 0.15) is 33.3 Å². The Kier molecular flexibility index (Phi) is 6.89. The summed E-state index contributed by atoms with van der Waals surface area (Å²) in [5, 5.41) is 3.47. The molecule has 3 N–H and O–H groups in total. The van der Waals surface area contributed by atoms with Crippen LogP contribution in [0, 0.1) is 11.8 Å². The summed E-state index contributed by atoms with van der Waals surface area (Å²) in [6.07, 6.45) is 0.223. The summed E-state index contributed by atoms with van der Waals surface area (Å²) >= 11 is 0. The molecule has 0 aromatic heterocycles. The van der Waals surface area contributed by atoms with Crippen LogP contribution in [-0.4, -0.2) is 19.2 Å². The Morgan fingerprint density at radius 2 is 1.74 bits per heavy atom. The molecule has 0 bridgehead atoms. The van der Waals surface area contributed by atoms with E-state index in [0.717, 1.165) is 25.4 Å². The number of hydrogen-bond donors (Lipinski definition) is 2. The van der Waals surface area contributed by atoms with Gasteiger partial charge in [-0.15, -0.1) is 0 Å². The third kappa shape index (κ3) is 6.08. The number of benzene rings is 1. The molecule has 1 unspecified atom stereocenters. The molecular weight excluding hydrogens is 236 g/mol. The monoisotopic (exact) mass is 264 g/mol. The van der Waals surface area contributed by atoms with Gasteiger partial charge in [-0.3, -0.25) is 0 Å². The molecule has 108 valence electrons. The van der Waals surface area contributed by atoms with Crippen molar-refractivity contribution >= 4 is 0 Å². The van der Waals surface area contributed by atoms with Crippen LogP contribution in [0.3, 0.4) is 0 Å². The van der Waals surface area contributed by atoms with Gasteiger partial charge in [0.25, 0.3) is 0 Å². The average Bonchev–Trinajstić information content (AvgIpc) is 2.35. The van der Waals surface area contributed by atoms with E-state index in [0.29, 0.717) is 11.8 Å². The van der Waals surface area contributed by atoms with Crippen LogP contribution in [0.2, 0.25) is 0 Å². The fourth-order valence-corrected chi connectivity index (χ4v) is 1.95. The van der Waals surface area contributed by atoms with Crippen LogP contribution in [0.4, 0.5) is 0 Å². The van der Waals surface area contributed by atoms with E-state index in [-0.39, 0.29) is 6.10 Å². The highest BCUT2D eigenvalue weighted by Gasteiger charge is 2.10. The minimum atomic E-state index is 0.223. The van der Waals surface area contributed by atoms with Crippen LogP contribution in [0.5, 0.6) is 5.75 Å². The van der Waals surface area contributed by atoms with Gasteiger partial charge in [-0.2, -0.15) is 0 Å². The van der Waals surface area contributed by atoms with E-state index in [1.54, 1.807) is 0 Å². The van der Waals surface area contributed by atoms with Gasteiger partial charge in [-0.1, -0.05) is 26.0 Å². The normalized spacial score (nSPS) is 13.0. The van der Waals surface area contributed by atoms with E-state index in [9.17, 15) is 0 Å². The maximum atomic E-state index is 5.76. The molecule has 0 saturated heterocycles. The van der Waals surface area contributed by atoms with Crippen molar-refractivity contribution in [1.82, 2.24) is 5.32 Å². The third-order valence-corrected chi connectivity index (χ3v) is 3.28. The second kappa shape index (κ2) is 8.18. The molecule has 0 aliphatic heterocycles. The summed E-state index contributed by atoms with van der Waals surface area (Å²) in [6.45, 7) is 11.1. The molecule has 0 aliphatic carbocycles. The minimum absolute atomic E-state index is 0.223. The molecule has 1 rings (SSSR count). The zero-order chi connectivity index (χ0) is 14.3. The van der Waals surface area contributed by atoms with E-state index in [1.165, 1.54) is 5.56 Å². The second-order valence-electron chi connectivity index (χ2n) is 5.68. The fraction of sp³-hybridized carbons (Fsp3) is 0.625. The number of hydrogen-bond acceptors (Lipinski definition) is 3. The van der Waals surface area contributed by atoms with E-state index < -0.39 is 0 Å². The maximum absolute atomic E-state index is 5.76. The summed E-state index contributed by atoms with van der Waals surface area (Å²) in [7, 11) is 0. The van der Waals surface area contributed by atoms with E-state index in [2.05, 4.69) is 31.3 Å². The zero-order valence-corrected chi connectivity index (χ0v) is 12.6. The molecule has 0 saturated carbocycles. The molecule has 1 aromatic rings. The van der Waals surface area contributed by atoms with Crippen molar-refractivity contribution in [2.75, 3.05) is 13.1 Å². The smallest absolute Gasteiger partial charge is 0.119 e. The lowest BCUT2D eigenvalue weighted by atomic mass is 9.96. The Balaban J connectivity index is 2.37. The summed E-state index contributed by atoms with van der Waals surface area (Å²) in [5.74, 6) is 2.10. The first-order valence-electron chi connectivity index (χ1n) is 7.19. The van der Waals surface area contributed by atoms with Gasteiger partial charge in [0.05, 0.1) is 6.10 Å². The Hall–Kier alpha value is -1.06. The molecule has 0 spiro atoms. The Morgan fingerprint density at radius 3 is 2.21 bits per heavy atom. The lowest BCUT2D eigenvalue weighted by Gasteiger charge is -2.19. The van der Waals surface area contributed by atoms with Crippen LogP contribution in [0.25, 0.3) is 0 Å². The quantitative estimate of drug-likeness (QED) is 0.759. The number of ether oxygens (including phenoxy) is 1. The van der Waals surface area contributed by atoms with E-state index in [4.69, 9.17) is 10.5 Å². The van der Waals surface area contributed by atoms with E-state index >= 15 is 0 Å². The largest absolute Gasteiger partial charge is 0.491 e. The Labute approximate surface area is 117 Å². The number of nitrogens with one attached hydrogen (secondary N) is 1. The first-order chi connectivity index (χ1) is 9.02. The van der Waals surface area contributed by atoms with Gasteiger partial charge in [0.15, 0.2) is 0 Å². The van der Waals surface area contributed by atoms with Crippen LogP contribution in [0.15, 0.2) is 24.3 Å². The molecule has 0 heterocycles. The van der Waals surface area contributed by atoms with Gasteiger partial charge in [-0.25, -0.2) is 0 Å². The third-order valence-electron chi connectivity index (χ3n) is 3.28. The topological polar surface area (TPSA) is 47.3 Å². The fourth-order valence-electron chi connectivity index (χ4n) is 1.95. The number of nitrogens with two attached hydrogens (primary N) is 1. The first-order valence-corrected chi connectivity index (χ1v) is 7.19. The molecule has 19 heavy (non-hydrogen) atoms. The predicted octanol–water partition coefficient (Wildman–Crippen LogP) is 2.79. The van der Waals surface area contributed by atoms with Crippen LogP contribution < -0.4 is 15.8 Å². The molecule has 0 aliphatic rings. The molecular formula is C16H28N2O. The van der Waals surface area contributed by atoms with Crippen molar-refractivity contribution in [3.8, 4) is 5.75 Å². The van der Waals surface area contributed by atoms with Crippen molar-refractivity contribution in [1.29, 1.82) is 0 Å². The zero-order valence-electron chi connectivity index (χ0n) is 12.6. The molecule has 1 aromatic carbocycles. The van der Waals surface area contributed by atoms with Crippen molar-refractivity contribution in [2.45, 2.75) is 40.3 Å². The van der Waals surface area contributed by atoms with Gasteiger partial charge in [0, 0.05) is 6.54 Å². The van der Waals surface area contributed by atoms with Crippen molar-refractivity contribution < 1.29 is 4.74 Å². The van der Waals surface area contributed by atoms with Gasteiger partial charge in [0.1, 0.15) is 5.75 Å². The summed E-state index contributed by atoms with van der Waals surface area (Å²) < 4.78 is 5.62. The Morgan fingerprint density at radius 1 is 1.11 bits per heavy atom. The van der Waals surface area contributed by atoms with Crippen LogP contribution >= 0.6 is 0 Å². The lowest BCUT2D eigenvalue weighted by Crippen LogP contribution is -2.31. The highest BCUT2D eigenvalue weighted by Crippen LogP contribution is 2.14. The van der Waals surface area contributed by atoms with Gasteiger partial charge < -0.3 is 15.8 Å². The standard InChI is InChI=1S/C16H28N2O/c1-12(2)15(9-17)11-18-10-14-5-7-16(8-6-14)19-13(3)4/h5-8,12-13,15,18H,9-11,17H2,1-4H3. The second-order valence-corrected chi connectivity index (χ2v) is 5.68. The summed E-state index contributed by atoms with van der Waals surface area (Å²) in [6, 6.07) is 8.27. The summed E-state index contributed by atoms with van der Waals surface area (Å²) in [4.78, 5) is 0. The van der Waals surface area contributed by atoms with Crippen LogP contribution in [-0.2, 0) is 6.54 Å². The molecule has 0 radical (unpaired) electrons. The SMILES string of the molecule is CC(C)Oc1ccc(CNCC(CN)C(C)C)cc1. The molecule has 1 atom stereocenters. The molecule has 3 nitrogen and oxygen atoms in total. The minimum Gasteiger partial charge on any atom is -0.491 e. The average molecular weight is 264 g/mol. The van der Waals surface area contributed by atoms with Crippen molar-refractivity contribution in [2.24, 2.45) is 17.6 Å². The predicted molar refractivity (Wildman–Crippen MR) is 81.3 cm³/mol. The highest BCUT2D eigenvalue weighted by molar-refractivity contribution is 5.27. The summed E-state index contributed by atoms with van der Waals surface area (Å²) in [5.41, 5.74) is 7.04. The van der Waals surface area contributed by atoms with Gasteiger partial charge >= 0.3 is 0 Å². The maximum Gasteiger partial charge on any atom is 0.119 e. The lowest BCUT2D eigenvalue weighted by molar-refractivity contribution is 0.242. The first kappa shape index (κ1) is 16.0. The highest BCUT2D eigenvalue weighted by atomic mass is 16.5. The molecule has 0 amide bonds. The number of rotatable bonds is 8. The Bertz CT molecular complexity index is 346. The van der Waals surface area contributed by atoms with Crippen molar-refractivity contribution in [3.63, 3.8) is 0 Å². The van der Waals surface area contributed by atoms with E-state index in [1.807, 2.05) is 26.0 Å².